The van der Waals surface area contributed by atoms with Crippen molar-refractivity contribution in [3.63, 3.8) is 0 Å². The van der Waals surface area contributed by atoms with Gasteiger partial charge in [-0.3, -0.25) is 4.79 Å². The van der Waals surface area contributed by atoms with Gasteiger partial charge in [0.05, 0.1) is 5.75 Å². The van der Waals surface area contributed by atoms with Crippen LogP contribution in [0.3, 0.4) is 0 Å². The van der Waals surface area contributed by atoms with Crippen LogP contribution in [0.4, 0.5) is 8.78 Å². The van der Waals surface area contributed by atoms with Gasteiger partial charge >= 0.3 is 6.61 Å². The van der Waals surface area contributed by atoms with Crippen LogP contribution in [0.2, 0.25) is 0 Å². The molecule has 0 saturated heterocycles. The molecule has 1 atom stereocenters. The summed E-state index contributed by atoms with van der Waals surface area (Å²) in [5, 5.41) is 11.2. The van der Waals surface area contributed by atoms with E-state index >= 15 is 0 Å². The standard InChI is InChI=1S/C16H21F2N5O2S/c1-3-4-10(2)20-13(24)9-26-16-22-21-14(23(16)19)11-5-7-12(8-6-11)25-15(17)18/h5-8,10,15H,3-4,9,19H2,1-2H3,(H,20,24). The molecular weight excluding hydrogens is 364 g/mol. The van der Waals surface area contributed by atoms with E-state index in [1.54, 1.807) is 12.1 Å². The average molecular weight is 385 g/mol. The molecule has 1 heterocycles. The third kappa shape index (κ3) is 5.58. The fourth-order valence-electron chi connectivity index (χ4n) is 2.31. The van der Waals surface area contributed by atoms with E-state index in [1.807, 2.05) is 6.92 Å². The highest BCUT2D eigenvalue weighted by molar-refractivity contribution is 7.99. The van der Waals surface area contributed by atoms with E-state index in [1.165, 1.54) is 28.6 Å². The van der Waals surface area contributed by atoms with Crippen molar-refractivity contribution in [1.82, 2.24) is 20.2 Å². The van der Waals surface area contributed by atoms with Gasteiger partial charge in [0.15, 0.2) is 5.82 Å². The maximum absolute atomic E-state index is 12.2. The normalized spacial score (nSPS) is 12.2. The number of alkyl halides is 2. The predicted molar refractivity (Wildman–Crippen MR) is 95.5 cm³/mol. The predicted octanol–water partition coefficient (Wildman–Crippen LogP) is 2.66. The van der Waals surface area contributed by atoms with E-state index in [0.717, 1.165) is 12.8 Å². The Morgan fingerprint density at radius 2 is 2.04 bits per heavy atom. The number of nitrogen functional groups attached to an aromatic ring is 1. The summed E-state index contributed by atoms with van der Waals surface area (Å²) in [6, 6.07) is 6.02. The third-order valence-electron chi connectivity index (χ3n) is 3.46. The van der Waals surface area contributed by atoms with Crippen molar-refractivity contribution < 1.29 is 18.3 Å². The summed E-state index contributed by atoms with van der Waals surface area (Å²) in [5.41, 5.74) is 0.592. The fourth-order valence-corrected chi connectivity index (χ4v) is 2.98. The second kappa shape index (κ2) is 9.37. The van der Waals surface area contributed by atoms with Crippen molar-refractivity contribution >= 4 is 17.7 Å². The van der Waals surface area contributed by atoms with Crippen LogP contribution in [0.5, 0.6) is 5.75 Å². The molecule has 3 N–H and O–H groups in total. The Morgan fingerprint density at radius 3 is 2.65 bits per heavy atom. The SMILES string of the molecule is CCCC(C)NC(=O)CSc1nnc(-c2ccc(OC(F)F)cc2)n1N. The molecule has 0 fully saturated rings. The van der Waals surface area contributed by atoms with E-state index in [2.05, 4.69) is 27.2 Å². The molecule has 0 saturated carbocycles. The Bertz CT molecular complexity index is 724. The van der Waals surface area contributed by atoms with Crippen LogP contribution in [0.1, 0.15) is 26.7 Å². The monoisotopic (exact) mass is 385 g/mol. The zero-order chi connectivity index (χ0) is 19.1. The summed E-state index contributed by atoms with van der Waals surface area (Å²) in [6.07, 6.45) is 1.91. The van der Waals surface area contributed by atoms with Crippen LogP contribution in [-0.2, 0) is 4.79 Å². The zero-order valence-electron chi connectivity index (χ0n) is 14.5. The second-order valence-corrected chi connectivity index (χ2v) is 6.57. The molecule has 1 aromatic heterocycles. The van der Waals surface area contributed by atoms with Crippen LogP contribution in [0, 0.1) is 0 Å². The smallest absolute Gasteiger partial charge is 0.387 e. The number of aromatic nitrogens is 3. The molecule has 0 aliphatic carbocycles. The number of nitrogens with one attached hydrogen (secondary N) is 1. The number of nitrogens with zero attached hydrogens (tertiary/aromatic N) is 3. The minimum Gasteiger partial charge on any atom is -0.435 e. The van der Waals surface area contributed by atoms with E-state index in [9.17, 15) is 13.6 Å². The Labute approximate surface area is 154 Å². The summed E-state index contributed by atoms with van der Waals surface area (Å²) >= 11 is 1.17. The summed E-state index contributed by atoms with van der Waals surface area (Å²) < 4.78 is 29.9. The quantitative estimate of drug-likeness (QED) is 0.509. The third-order valence-corrected chi connectivity index (χ3v) is 4.41. The van der Waals surface area contributed by atoms with Gasteiger partial charge < -0.3 is 15.9 Å². The number of amides is 1. The van der Waals surface area contributed by atoms with E-state index < -0.39 is 6.61 Å². The van der Waals surface area contributed by atoms with Crippen molar-refractivity contribution in [2.75, 3.05) is 11.6 Å². The number of nitrogens with two attached hydrogens (primary N) is 1. The van der Waals surface area contributed by atoms with Crippen LogP contribution in [0.25, 0.3) is 11.4 Å². The number of benzene rings is 1. The Morgan fingerprint density at radius 1 is 1.35 bits per heavy atom. The van der Waals surface area contributed by atoms with Gasteiger partial charge in [-0.05, 0) is 37.6 Å². The van der Waals surface area contributed by atoms with E-state index in [0.29, 0.717) is 16.5 Å². The lowest BCUT2D eigenvalue weighted by Crippen LogP contribution is -2.33. The molecule has 1 aromatic carbocycles. The van der Waals surface area contributed by atoms with Crippen molar-refractivity contribution in [2.45, 2.75) is 44.5 Å². The van der Waals surface area contributed by atoms with Crippen molar-refractivity contribution in [2.24, 2.45) is 0 Å². The Balaban J connectivity index is 1.98. The maximum atomic E-state index is 12.2. The molecule has 2 aromatic rings. The molecule has 1 amide bonds. The first kappa shape index (κ1) is 20.0. The molecule has 0 aliphatic rings. The average Bonchev–Trinajstić information content (AvgIpc) is 2.94. The summed E-state index contributed by atoms with van der Waals surface area (Å²) in [7, 11) is 0. The lowest BCUT2D eigenvalue weighted by molar-refractivity contribution is -0.119. The minimum atomic E-state index is -2.88. The van der Waals surface area contributed by atoms with Crippen LogP contribution < -0.4 is 15.9 Å². The number of thioether (sulfide) groups is 1. The maximum Gasteiger partial charge on any atom is 0.387 e. The first-order chi connectivity index (χ1) is 12.4. The molecule has 26 heavy (non-hydrogen) atoms. The topological polar surface area (TPSA) is 95.1 Å². The van der Waals surface area contributed by atoms with Crippen LogP contribution in [-0.4, -0.2) is 39.2 Å². The number of carbonyl (C=O) groups is 1. The largest absolute Gasteiger partial charge is 0.435 e. The summed E-state index contributed by atoms with van der Waals surface area (Å²) in [6.45, 7) is 1.13. The molecule has 142 valence electrons. The van der Waals surface area contributed by atoms with E-state index in [4.69, 9.17) is 5.84 Å². The highest BCUT2D eigenvalue weighted by atomic mass is 32.2. The van der Waals surface area contributed by atoms with Crippen molar-refractivity contribution in [3.05, 3.63) is 24.3 Å². The van der Waals surface area contributed by atoms with Gasteiger partial charge in [0.2, 0.25) is 11.1 Å². The fraction of sp³-hybridized carbons (Fsp3) is 0.438. The first-order valence-corrected chi connectivity index (χ1v) is 9.07. The van der Waals surface area contributed by atoms with Crippen LogP contribution in [0.15, 0.2) is 29.4 Å². The highest BCUT2D eigenvalue weighted by Gasteiger charge is 2.15. The molecule has 10 heteroatoms. The summed E-state index contributed by atoms with van der Waals surface area (Å²) in [4.78, 5) is 11.9. The van der Waals surface area contributed by atoms with Gasteiger partial charge in [-0.1, -0.05) is 25.1 Å². The van der Waals surface area contributed by atoms with Gasteiger partial charge in [-0.2, -0.15) is 8.78 Å². The molecule has 1 unspecified atom stereocenters. The van der Waals surface area contributed by atoms with Crippen molar-refractivity contribution in [3.8, 4) is 17.1 Å². The van der Waals surface area contributed by atoms with Gasteiger partial charge in [-0.15, -0.1) is 10.2 Å². The molecule has 0 spiro atoms. The van der Waals surface area contributed by atoms with Crippen molar-refractivity contribution in [1.29, 1.82) is 0 Å². The molecule has 7 nitrogen and oxygen atoms in total. The number of halogens is 2. The first-order valence-electron chi connectivity index (χ1n) is 8.08. The number of hydrogen-bond acceptors (Lipinski definition) is 6. The number of rotatable bonds is 9. The number of hydrogen-bond donors (Lipinski definition) is 2. The Hall–Kier alpha value is -2.36. The molecule has 2 rings (SSSR count). The van der Waals surface area contributed by atoms with Crippen LogP contribution >= 0.6 is 11.8 Å². The van der Waals surface area contributed by atoms with Gasteiger partial charge in [0, 0.05) is 11.6 Å². The molecular formula is C16H21F2N5O2S. The lowest BCUT2D eigenvalue weighted by atomic mass is 10.2. The van der Waals surface area contributed by atoms with Gasteiger partial charge in [0.1, 0.15) is 5.75 Å². The van der Waals surface area contributed by atoms with Gasteiger partial charge in [-0.25, -0.2) is 4.68 Å². The Kier molecular flexibility index (Phi) is 7.19. The zero-order valence-corrected chi connectivity index (χ0v) is 15.3. The number of ether oxygens (including phenoxy) is 1. The molecule has 0 radical (unpaired) electrons. The van der Waals surface area contributed by atoms with E-state index in [-0.39, 0.29) is 23.5 Å². The molecule has 0 bridgehead atoms. The summed E-state index contributed by atoms with van der Waals surface area (Å²) in [5.74, 6) is 6.44. The minimum absolute atomic E-state index is 0.0410. The lowest BCUT2D eigenvalue weighted by Gasteiger charge is -2.12. The molecule has 0 aliphatic heterocycles. The van der Waals surface area contributed by atoms with Gasteiger partial charge in [0.25, 0.3) is 0 Å². The number of carbonyl (C=O) groups excluding carboxylic acids is 1. The highest BCUT2D eigenvalue weighted by Crippen LogP contribution is 2.24. The second-order valence-electron chi connectivity index (χ2n) is 5.62.